The molecule has 1 atom stereocenters. The number of aromatic nitrogens is 1. The molecular formula is C26H23NO5S. The maximum absolute atomic E-state index is 13.2. The molecule has 168 valence electrons. The van der Waals surface area contributed by atoms with E-state index in [0.717, 1.165) is 21.9 Å². The Morgan fingerprint density at radius 3 is 2.45 bits per heavy atom. The molecule has 3 aromatic carbocycles. The number of hydrogen-bond donors (Lipinski definition) is 2. The molecule has 0 saturated heterocycles. The number of hydrogen-bond acceptors (Lipinski definition) is 5. The topological polar surface area (TPSA) is 88.8 Å². The summed E-state index contributed by atoms with van der Waals surface area (Å²) < 4.78 is 28.2. The Morgan fingerprint density at radius 1 is 1.00 bits per heavy atom. The van der Waals surface area contributed by atoms with Crippen LogP contribution in [0.3, 0.4) is 0 Å². The molecule has 5 rings (SSSR count). The lowest BCUT2D eigenvalue weighted by Gasteiger charge is -2.29. The van der Waals surface area contributed by atoms with Gasteiger partial charge in [-0.2, -0.15) is 10.6 Å². The van der Waals surface area contributed by atoms with Crippen LogP contribution in [0.25, 0.3) is 21.9 Å². The van der Waals surface area contributed by atoms with Crippen molar-refractivity contribution in [1.82, 2.24) is 4.57 Å². The van der Waals surface area contributed by atoms with Gasteiger partial charge in [0.25, 0.3) is 5.56 Å². The average Bonchev–Trinajstić information content (AvgIpc) is 3.11. The molecule has 0 spiro atoms. The predicted molar refractivity (Wildman–Crippen MR) is 130 cm³/mol. The number of benzene rings is 3. The minimum absolute atomic E-state index is 0.104. The standard InChI is InChI=1S/C26H23NO5S/c1-32-26(29)22-16-33(30,31)25-24(18-9-3-2-4-10-18)20(15-23(28)27(22)25)14-19-12-7-11-17-8-5-6-13-21(17)19/h2-13,15,22,30-31H,14,16H2,1H3/t22-/m0/s1. The van der Waals surface area contributed by atoms with Crippen LogP contribution in [0.4, 0.5) is 0 Å². The van der Waals surface area contributed by atoms with Crippen LogP contribution in [0.5, 0.6) is 0 Å². The van der Waals surface area contributed by atoms with E-state index in [1.165, 1.54) is 17.7 Å². The van der Waals surface area contributed by atoms with Crippen LogP contribution in [0, 0.1) is 0 Å². The number of carbonyl (C=O) groups is 1. The summed E-state index contributed by atoms with van der Waals surface area (Å²) in [5.41, 5.74) is 2.58. The summed E-state index contributed by atoms with van der Waals surface area (Å²) >= 11 is 0. The Kier molecular flexibility index (Phi) is 5.32. The first-order valence-corrected chi connectivity index (χ1v) is 12.3. The van der Waals surface area contributed by atoms with Gasteiger partial charge in [0.2, 0.25) is 0 Å². The fraction of sp³-hybridized carbons (Fsp3) is 0.154. The normalized spacial score (nSPS) is 17.5. The number of methoxy groups -OCH3 is 1. The van der Waals surface area contributed by atoms with Crippen molar-refractivity contribution in [2.24, 2.45) is 0 Å². The molecule has 1 aliphatic rings. The zero-order valence-corrected chi connectivity index (χ0v) is 18.8. The van der Waals surface area contributed by atoms with Crippen LogP contribution in [0.1, 0.15) is 17.2 Å². The zero-order valence-electron chi connectivity index (χ0n) is 18.0. The van der Waals surface area contributed by atoms with Crippen LogP contribution >= 0.6 is 10.6 Å². The van der Waals surface area contributed by atoms with Crippen molar-refractivity contribution in [2.75, 3.05) is 12.9 Å². The summed E-state index contributed by atoms with van der Waals surface area (Å²) in [7, 11) is -2.18. The van der Waals surface area contributed by atoms with Crippen LogP contribution in [0.15, 0.2) is 88.7 Å². The zero-order chi connectivity index (χ0) is 23.2. The molecule has 7 heteroatoms. The third-order valence-electron chi connectivity index (χ3n) is 6.10. The Morgan fingerprint density at radius 2 is 1.70 bits per heavy atom. The molecule has 2 heterocycles. The highest BCUT2D eigenvalue weighted by atomic mass is 32.3. The van der Waals surface area contributed by atoms with Crippen molar-refractivity contribution < 1.29 is 18.6 Å². The molecular weight excluding hydrogens is 438 g/mol. The lowest BCUT2D eigenvalue weighted by Crippen LogP contribution is -2.30. The number of nitrogens with zero attached hydrogens (tertiary/aromatic N) is 1. The van der Waals surface area contributed by atoms with E-state index in [-0.39, 0.29) is 10.8 Å². The quantitative estimate of drug-likeness (QED) is 0.413. The fourth-order valence-corrected chi connectivity index (χ4v) is 6.64. The SMILES string of the molecule is COC(=O)[C@@H]1CS(O)(O)c2c(-c3ccccc3)c(Cc3cccc4ccccc34)cc(=O)n21. The Bertz CT molecular complexity index is 1420. The number of fused-ring (bicyclic) bond motifs is 2. The largest absolute Gasteiger partial charge is 0.467 e. The van der Waals surface area contributed by atoms with Gasteiger partial charge in [0.1, 0.15) is 5.03 Å². The molecule has 0 saturated carbocycles. The first-order valence-electron chi connectivity index (χ1n) is 10.5. The third kappa shape index (κ3) is 3.64. The molecule has 0 aliphatic carbocycles. The van der Waals surface area contributed by atoms with E-state index >= 15 is 0 Å². The van der Waals surface area contributed by atoms with Crippen molar-refractivity contribution in [3.63, 3.8) is 0 Å². The van der Waals surface area contributed by atoms with E-state index in [4.69, 9.17) is 4.74 Å². The maximum atomic E-state index is 13.2. The number of rotatable bonds is 4. The van der Waals surface area contributed by atoms with Crippen LogP contribution < -0.4 is 5.56 Å². The fourth-order valence-electron chi connectivity index (χ4n) is 4.65. The molecule has 1 aliphatic heterocycles. The lowest BCUT2D eigenvalue weighted by atomic mass is 9.93. The number of pyridine rings is 1. The minimum atomic E-state index is -3.41. The van der Waals surface area contributed by atoms with Gasteiger partial charge >= 0.3 is 5.97 Å². The molecule has 0 fully saturated rings. The van der Waals surface area contributed by atoms with Crippen molar-refractivity contribution in [2.45, 2.75) is 17.5 Å². The predicted octanol–water partition coefficient (Wildman–Crippen LogP) is 5.10. The minimum Gasteiger partial charge on any atom is -0.467 e. The molecule has 4 aromatic rings. The van der Waals surface area contributed by atoms with Gasteiger partial charge in [0, 0.05) is 11.6 Å². The summed E-state index contributed by atoms with van der Waals surface area (Å²) in [5, 5.41) is 2.26. The van der Waals surface area contributed by atoms with Gasteiger partial charge in [-0.15, -0.1) is 0 Å². The Balaban J connectivity index is 1.79. The third-order valence-corrected chi connectivity index (χ3v) is 7.90. The van der Waals surface area contributed by atoms with Gasteiger partial charge in [0.05, 0.1) is 12.9 Å². The van der Waals surface area contributed by atoms with Crippen molar-refractivity contribution >= 4 is 27.3 Å². The van der Waals surface area contributed by atoms with Crippen LogP contribution in [-0.4, -0.2) is 32.5 Å². The molecule has 6 nitrogen and oxygen atoms in total. The average molecular weight is 462 g/mol. The van der Waals surface area contributed by atoms with E-state index in [9.17, 15) is 18.7 Å². The van der Waals surface area contributed by atoms with Crippen molar-refractivity contribution in [3.8, 4) is 11.1 Å². The molecule has 0 radical (unpaired) electrons. The number of esters is 1. The highest BCUT2D eigenvalue weighted by Gasteiger charge is 2.43. The maximum Gasteiger partial charge on any atom is 0.330 e. The second-order valence-corrected chi connectivity index (χ2v) is 10.2. The van der Waals surface area contributed by atoms with Gasteiger partial charge in [-0.05, 0) is 33.9 Å². The summed E-state index contributed by atoms with van der Waals surface area (Å²) in [6, 6.07) is 23.8. The molecule has 0 unspecified atom stereocenters. The first-order chi connectivity index (χ1) is 15.9. The van der Waals surface area contributed by atoms with Gasteiger partial charge < -0.3 is 4.74 Å². The molecule has 0 amide bonds. The van der Waals surface area contributed by atoms with E-state index in [1.54, 1.807) is 0 Å². The van der Waals surface area contributed by atoms with Gasteiger partial charge in [0.15, 0.2) is 6.04 Å². The summed E-state index contributed by atoms with van der Waals surface area (Å²) in [4.78, 5) is 25.6. The molecule has 33 heavy (non-hydrogen) atoms. The second kappa shape index (κ2) is 8.19. The summed E-state index contributed by atoms with van der Waals surface area (Å²) in [6.07, 6.45) is 0.424. The first kappa shape index (κ1) is 21.5. The van der Waals surface area contributed by atoms with E-state index in [0.29, 0.717) is 17.5 Å². The lowest BCUT2D eigenvalue weighted by molar-refractivity contribution is -0.143. The summed E-state index contributed by atoms with van der Waals surface area (Å²) in [6.45, 7) is 0. The van der Waals surface area contributed by atoms with E-state index in [2.05, 4.69) is 0 Å². The van der Waals surface area contributed by atoms with Crippen LogP contribution in [-0.2, 0) is 16.0 Å². The number of carbonyl (C=O) groups excluding carboxylic acids is 1. The van der Waals surface area contributed by atoms with E-state index in [1.807, 2.05) is 72.8 Å². The highest BCUT2D eigenvalue weighted by molar-refractivity contribution is 8.24. The van der Waals surface area contributed by atoms with Crippen LogP contribution in [0.2, 0.25) is 0 Å². The molecule has 1 aromatic heterocycles. The Hall–Kier alpha value is -3.39. The second-order valence-electron chi connectivity index (χ2n) is 8.11. The van der Waals surface area contributed by atoms with Gasteiger partial charge in [-0.1, -0.05) is 72.8 Å². The summed E-state index contributed by atoms with van der Waals surface area (Å²) in [5.74, 6) is -0.941. The van der Waals surface area contributed by atoms with Crippen molar-refractivity contribution in [1.29, 1.82) is 0 Å². The molecule has 0 bridgehead atoms. The van der Waals surface area contributed by atoms with Gasteiger partial charge in [-0.25, -0.2) is 4.79 Å². The Labute approximate surface area is 192 Å². The van der Waals surface area contributed by atoms with E-state index < -0.39 is 28.2 Å². The molecule has 2 N–H and O–H groups in total. The highest BCUT2D eigenvalue weighted by Crippen LogP contribution is 2.59. The monoisotopic (exact) mass is 461 g/mol. The van der Waals surface area contributed by atoms with Gasteiger partial charge in [-0.3, -0.25) is 18.5 Å². The number of ether oxygens (including phenoxy) is 1. The smallest absolute Gasteiger partial charge is 0.330 e. The van der Waals surface area contributed by atoms with Crippen molar-refractivity contribution in [3.05, 3.63) is 100 Å².